The Hall–Kier alpha value is -1.16. The zero-order valence-corrected chi connectivity index (χ0v) is 8.00. The second kappa shape index (κ2) is 2.67. The van der Waals surface area contributed by atoms with Crippen LogP contribution in [0.3, 0.4) is 0 Å². The molecule has 0 unspecified atom stereocenters. The molecule has 0 radical (unpaired) electrons. The Balaban J connectivity index is 2.35. The molecule has 1 saturated carbocycles. The lowest BCUT2D eigenvalue weighted by Gasteiger charge is -2.01. The maximum Gasteiger partial charge on any atom is 0.234 e. The topological polar surface area (TPSA) is 30.2 Å². The zero-order valence-electron chi connectivity index (χ0n) is 7.24. The van der Waals surface area contributed by atoms with E-state index >= 15 is 0 Å². The van der Waals surface area contributed by atoms with Gasteiger partial charge in [0.25, 0.3) is 0 Å². The molecular formula is C9H7ClFN3. The maximum atomic E-state index is 13.2. The standard InChI is InChI=1S/C9H7ClFN3/c10-7-3-6(5-1-2-5)9-12-4-8(11)14(9)13-7/h3-5H,1-2H2. The molecule has 1 fully saturated rings. The summed E-state index contributed by atoms with van der Waals surface area (Å²) in [6.45, 7) is 0. The summed E-state index contributed by atoms with van der Waals surface area (Å²) in [6.07, 6.45) is 3.43. The normalized spacial score (nSPS) is 16.4. The molecule has 0 atom stereocenters. The SMILES string of the molecule is Fc1cnc2c(C3CC3)cc(Cl)nn12. The van der Waals surface area contributed by atoms with Crippen molar-refractivity contribution in [3.8, 4) is 0 Å². The predicted octanol–water partition coefficient (Wildman–Crippen LogP) is 2.40. The van der Waals surface area contributed by atoms with E-state index in [1.54, 1.807) is 6.07 Å². The summed E-state index contributed by atoms with van der Waals surface area (Å²) >= 11 is 5.80. The Labute approximate surface area is 84.5 Å². The molecule has 2 aromatic heterocycles. The lowest BCUT2D eigenvalue weighted by Crippen LogP contribution is -1.98. The van der Waals surface area contributed by atoms with Crippen molar-refractivity contribution in [1.82, 2.24) is 14.6 Å². The fourth-order valence-electron chi connectivity index (χ4n) is 1.63. The van der Waals surface area contributed by atoms with Crippen molar-refractivity contribution < 1.29 is 4.39 Å². The van der Waals surface area contributed by atoms with Gasteiger partial charge in [-0.1, -0.05) is 11.6 Å². The first-order valence-electron chi connectivity index (χ1n) is 4.45. The van der Waals surface area contributed by atoms with Crippen molar-refractivity contribution in [2.45, 2.75) is 18.8 Å². The van der Waals surface area contributed by atoms with Gasteiger partial charge in [0.05, 0.1) is 6.20 Å². The number of rotatable bonds is 1. The molecule has 0 amide bonds. The van der Waals surface area contributed by atoms with Gasteiger partial charge in [-0.3, -0.25) is 0 Å². The van der Waals surface area contributed by atoms with Crippen LogP contribution >= 0.6 is 11.6 Å². The molecule has 14 heavy (non-hydrogen) atoms. The molecule has 3 rings (SSSR count). The number of fused-ring (bicyclic) bond motifs is 1. The number of hydrogen-bond acceptors (Lipinski definition) is 2. The smallest absolute Gasteiger partial charge is 0.232 e. The van der Waals surface area contributed by atoms with Crippen LogP contribution in [0.1, 0.15) is 24.3 Å². The third-order valence-electron chi connectivity index (χ3n) is 2.44. The van der Waals surface area contributed by atoms with Crippen LogP contribution < -0.4 is 0 Å². The van der Waals surface area contributed by atoms with E-state index in [1.165, 1.54) is 6.20 Å². The van der Waals surface area contributed by atoms with Crippen molar-refractivity contribution >= 4 is 17.2 Å². The minimum atomic E-state index is -0.468. The van der Waals surface area contributed by atoms with Crippen molar-refractivity contribution in [3.05, 3.63) is 28.9 Å². The van der Waals surface area contributed by atoms with Crippen LogP contribution in [0.25, 0.3) is 5.65 Å². The van der Waals surface area contributed by atoms with E-state index in [0.29, 0.717) is 16.7 Å². The molecule has 3 nitrogen and oxygen atoms in total. The molecule has 2 aromatic rings. The van der Waals surface area contributed by atoms with E-state index in [0.717, 1.165) is 22.9 Å². The van der Waals surface area contributed by atoms with Crippen LogP contribution in [0.2, 0.25) is 5.15 Å². The van der Waals surface area contributed by atoms with Crippen LogP contribution in [0, 0.1) is 5.95 Å². The first-order chi connectivity index (χ1) is 6.75. The lowest BCUT2D eigenvalue weighted by molar-refractivity contribution is 0.548. The monoisotopic (exact) mass is 211 g/mol. The quantitative estimate of drug-likeness (QED) is 0.725. The largest absolute Gasteiger partial charge is 0.234 e. The maximum absolute atomic E-state index is 13.2. The third-order valence-corrected chi connectivity index (χ3v) is 2.63. The van der Waals surface area contributed by atoms with E-state index in [-0.39, 0.29) is 0 Å². The predicted molar refractivity (Wildman–Crippen MR) is 49.9 cm³/mol. The van der Waals surface area contributed by atoms with Crippen LogP contribution in [0.15, 0.2) is 12.3 Å². The number of nitrogens with zero attached hydrogens (tertiary/aromatic N) is 3. The second-order valence-corrected chi connectivity index (χ2v) is 3.90. The lowest BCUT2D eigenvalue weighted by atomic mass is 10.2. The fourth-order valence-corrected chi connectivity index (χ4v) is 1.82. The zero-order chi connectivity index (χ0) is 9.71. The molecule has 2 heterocycles. The van der Waals surface area contributed by atoms with Gasteiger partial charge in [-0.25, -0.2) is 4.98 Å². The molecule has 1 aliphatic carbocycles. The molecule has 0 N–H and O–H groups in total. The van der Waals surface area contributed by atoms with Gasteiger partial charge in [-0.15, -0.1) is 0 Å². The summed E-state index contributed by atoms with van der Waals surface area (Å²) in [6, 6.07) is 1.78. The number of imidazole rings is 1. The minimum absolute atomic E-state index is 0.316. The van der Waals surface area contributed by atoms with E-state index in [1.807, 2.05) is 0 Å². The molecular weight excluding hydrogens is 205 g/mol. The molecule has 5 heteroatoms. The Morgan fingerprint density at radius 1 is 1.50 bits per heavy atom. The number of aromatic nitrogens is 3. The molecule has 0 aromatic carbocycles. The highest BCUT2D eigenvalue weighted by Gasteiger charge is 2.27. The van der Waals surface area contributed by atoms with Crippen LogP contribution in [0.4, 0.5) is 4.39 Å². The molecule has 0 bridgehead atoms. The highest BCUT2D eigenvalue weighted by Crippen LogP contribution is 2.42. The van der Waals surface area contributed by atoms with E-state index in [9.17, 15) is 4.39 Å². The Morgan fingerprint density at radius 2 is 2.29 bits per heavy atom. The molecule has 72 valence electrons. The van der Waals surface area contributed by atoms with Gasteiger partial charge in [0.15, 0.2) is 10.8 Å². The highest BCUT2D eigenvalue weighted by molar-refractivity contribution is 6.29. The summed E-state index contributed by atoms with van der Waals surface area (Å²) < 4.78 is 14.3. The first kappa shape index (κ1) is 8.17. The number of halogens is 2. The summed E-state index contributed by atoms with van der Waals surface area (Å²) in [5.74, 6) is 0.0178. The third kappa shape index (κ3) is 1.10. The van der Waals surface area contributed by atoms with E-state index in [4.69, 9.17) is 11.6 Å². The number of hydrogen-bond donors (Lipinski definition) is 0. The van der Waals surface area contributed by atoms with Gasteiger partial charge in [-0.2, -0.15) is 14.0 Å². The van der Waals surface area contributed by atoms with Gasteiger partial charge in [0.2, 0.25) is 5.95 Å². The van der Waals surface area contributed by atoms with Crippen LogP contribution in [0.5, 0.6) is 0 Å². The summed E-state index contributed by atoms with van der Waals surface area (Å²) in [5.41, 5.74) is 1.60. The van der Waals surface area contributed by atoms with Crippen molar-refractivity contribution in [1.29, 1.82) is 0 Å². The Morgan fingerprint density at radius 3 is 3.00 bits per heavy atom. The molecule has 1 aliphatic rings. The van der Waals surface area contributed by atoms with Crippen molar-refractivity contribution in [2.75, 3.05) is 0 Å². The van der Waals surface area contributed by atoms with Crippen LogP contribution in [-0.4, -0.2) is 14.6 Å². The van der Waals surface area contributed by atoms with Gasteiger partial charge in [-0.05, 0) is 24.8 Å². The van der Waals surface area contributed by atoms with Gasteiger partial charge in [0, 0.05) is 5.56 Å². The van der Waals surface area contributed by atoms with Crippen molar-refractivity contribution in [2.24, 2.45) is 0 Å². The average Bonchev–Trinajstić information content (AvgIpc) is 2.93. The summed E-state index contributed by atoms with van der Waals surface area (Å²) in [7, 11) is 0. The first-order valence-corrected chi connectivity index (χ1v) is 4.83. The van der Waals surface area contributed by atoms with Gasteiger partial charge < -0.3 is 0 Å². The summed E-state index contributed by atoms with van der Waals surface area (Å²) in [4.78, 5) is 3.99. The molecule has 0 saturated heterocycles. The Bertz CT molecular complexity index is 504. The van der Waals surface area contributed by atoms with Gasteiger partial charge >= 0.3 is 0 Å². The Kier molecular flexibility index (Phi) is 1.56. The van der Waals surface area contributed by atoms with Crippen molar-refractivity contribution in [3.63, 3.8) is 0 Å². The highest BCUT2D eigenvalue weighted by atomic mass is 35.5. The molecule has 0 spiro atoms. The van der Waals surface area contributed by atoms with E-state index in [2.05, 4.69) is 10.1 Å². The second-order valence-electron chi connectivity index (χ2n) is 3.51. The van der Waals surface area contributed by atoms with E-state index < -0.39 is 5.95 Å². The average molecular weight is 212 g/mol. The van der Waals surface area contributed by atoms with Crippen LogP contribution in [-0.2, 0) is 0 Å². The fraction of sp³-hybridized carbons (Fsp3) is 0.333. The summed E-state index contributed by atoms with van der Waals surface area (Å²) in [5, 5.41) is 4.17. The van der Waals surface area contributed by atoms with Gasteiger partial charge in [0.1, 0.15) is 0 Å². The molecule has 0 aliphatic heterocycles. The minimum Gasteiger partial charge on any atom is -0.232 e.